The monoisotopic (exact) mass is 761 g/mol. The third-order valence-electron chi connectivity index (χ3n) is 10.5. The fraction of sp³-hybridized carbons (Fsp3) is 0.341. The summed E-state index contributed by atoms with van der Waals surface area (Å²) < 4.78 is 21.9. The number of anilines is 2. The van der Waals surface area contributed by atoms with Gasteiger partial charge in [-0.15, -0.1) is 0 Å². The number of carboxylic acid groups (broad SMARTS) is 2. The minimum atomic E-state index is -1.14. The molecule has 0 bridgehead atoms. The second kappa shape index (κ2) is 14.6. The normalized spacial score (nSPS) is 21.4. The summed E-state index contributed by atoms with van der Waals surface area (Å²) in [4.78, 5) is 40.3. The number of hydrogen-bond donors (Lipinski definition) is 4. The van der Waals surface area contributed by atoms with Gasteiger partial charge in [-0.3, -0.25) is 9.59 Å². The number of ether oxygens (including phenoxy) is 1. The molecule has 2 heterocycles. The minimum absolute atomic E-state index is 0.00817. The lowest BCUT2D eigenvalue weighted by molar-refractivity contribution is -0.138. The number of fused-ring (bicyclic) bond motifs is 2. The summed E-state index contributed by atoms with van der Waals surface area (Å²) in [7, 11) is 1.39. The van der Waals surface area contributed by atoms with Gasteiger partial charge in [-0.25, -0.2) is 9.18 Å². The first kappa shape index (κ1) is 38.1. The van der Waals surface area contributed by atoms with Gasteiger partial charge in [0.2, 0.25) is 5.91 Å². The van der Waals surface area contributed by atoms with E-state index < -0.39 is 47.0 Å². The Hall–Kier alpha value is -4.64. The molecule has 0 aliphatic carbocycles. The molecule has 4 aromatic carbocycles. The zero-order valence-electron chi connectivity index (χ0n) is 30.0. The van der Waals surface area contributed by atoms with Gasteiger partial charge in [-0.05, 0) is 77.4 Å². The van der Waals surface area contributed by atoms with E-state index in [9.17, 15) is 24.6 Å². The minimum Gasteiger partial charge on any atom is -0.495 e. The van der Waals surface area contributed by atoms with Crippen molar-refractivity contribution >= 4 is 52.4 Å². The fourth-order valence-corrected chi connectivity index (χ4v) is 8.44. The number of aromatic carboxylic acids is 1. The van der Waals surface area contributed by atoms with Crippen molar-refractivity contribution in [3.8, 4) is 5.75 Å². The zero-order chi connectivity index (χ0) is 38.4. The number of nitrogens with one attached hydrogen (secondary N) is 2. The summed E-state index contributed by atoms with van der Waals surface area (Å²) in [5, 5.41) is 26.3. The Morgan fingerprint density at radius 1 is 1.04 bits per heavy atom. The van der Waals surface area contributed by atoms with Gasteiger partial charge < -0.3 is 30.5 Å². The highest BCUT2D eigenvalue weighted by atomic mass is 35.5. The third kappa shape index (κ3) is 7.32. The number of carbonyl (C=O) groups excluding carboxylic acids is 1. The Bertz CT molecular complexity index is 2090. The van der Waals surface area contributed by atoms with Gasteiger partial charge in [-0.1, -0.05) is 86.4 Å². The zero-order valence-corrected chi connectivity index (χ0v) is 31.6. The molecule has 2 aliphatic rings. The van der Waals surface area contributed by atoms with Crippen LogP contribution >= 0.6 is 23.2 Å². The third-order valence-corrected chi connectivity index (χ3v) is 11.0. The molecule has 1 unspecified atom stereocenters. The Kier molecular flexibility index (Phi) is 10.5. The molecule has 6 rings (SSSR count). The number of carboxylic acids is 2. The Balaban J connectivity index is 1.52. The molecule has 5 atom stereocenters. The molecule has 4 N–H and O–H groups in total. The molecular formula is C41H42Cl2FN3O6. The number of amides is 1. The van der Waals surface area contributed by atoms with Crippen LogP contribution in [-0.2, 0) is 21.5 Å². The van der Waals surface area contributed by atoms with Crippen LogP contribution in [0.2, 0.25) is 10.0 Å². The van der Waals surface area contributed by atoms with Crippen LogP contribution in [0.1, 0.15) is 78.6 Å². The van der Waals surface area contributed by atoms with Gasteiger partial charge in [0.1, 0.15) is 11.6 Å². The molecule has 1 fully saturated rings. The number of benzene rings is 4. The number of aliphatic carboxylic acids is 1. The van der Waals surface area contributed by atoms with E-state index in [0.29, 0.717) is 30.1 Å². The number of rotatable bonds is 10. The average molecular weight is 763 g/mol. The molecule has 1 amide bonds. The molecule has 278 valence electrons. The quantitative estimate of drug-likeness (QED) is 0.127. The summed E-state index contributed by atoms with van der Waals surface area (Å²) in [5.41, 5.74) is 2.67. The van der Waals surface area contributed by atoms with Crippen molar-refractivity contribution in [3.05, 3.63) is 123 Å². The van der Waals surface area contributed by atoms with Crippen LogP contribution in [0.25, 0.3) is 0 Å². The van der Waals surface area contributed by atoms with Crippen molar-refractivity contribution in [1.82, 2.24) is 5.32 Å². The van der Waals surface area contributed by atoms with Gasteiger partial charge in [0.05, 0.1) is 35.3 Å². The molecule has 2 aliphatic heterocycles. The molecule has 0 radical (unpaired) electrons. The van der Waals surface area contributed by atoms with E-state index in [0.717, 1.165) is 16.8 Å². The lowest BCUT2D eigenvalue weighted by atomic mass is 9.63. The number of halogens is 3. The number of nitrogens with zero attached hydrogens (tertiary/aromatic N) is 1. The molecular weight excluding hydrogens is 720 g/mol. The van der Waals surface area contributed by atoms with Crippen LogP contribution in [0.5, 0.6) is 5.75 Å². The largest absolute Gasteiger partial charge is 0.495 e. The number of hydrogen-bond acceptors (Lipinski definition) is 6. The second-order valence-electron chi connectivity index (χ2n) is 15.2. The van der Waals surface area contributed by atoms with Crippen molar-refractivity contribution in [2.45, 2.75) is 70.0 Å². The van der Waals surface area contributed by atoms with Gasteiger partial charge in [0.25, 0.3) is 0 Å². The number of carbonyl (C=O) groups is 3. The lowest BCUT2D eigenvalue weighted by Crippen LogP contribution is -2.48. The van der Waals surface area contributed by atoms with Gasteiger partial charge in [-0.2, -0.15) is 0 Å². The van der Waals surface area contributed by atoms with Crippen molar-refractivity contribution in [2.75, 3.05) is 23.9 Å². The first-order valence-corrected chi connectivity index (χ1v) is 18.1. The molecule has 9 nitrogen and oxygen atoms in total. The van der Waals surface area contributed by atoms with E-state index in [-0.39, 0.29) is 39.0 Å². The number of methoxy groups -OCH3 is 1. The van der Waals surface area contributed by atoms with Crippen LogP contribution < -0.4 is 20.3 Å². The highest BCUT2D eigenvalue weighted by Crippen LogP contribution is 2.58. The van der Waals surface area contributed by atoms with Gasteiger partial charge in [0.15, 0.2) is 0 Å². The molecule has 53 heavy (non-hydrogen) atoms. The predicted molar refractivity (Wildman–Crippen MR) is 204 cm³/mol. The van der Waals surface area contributed by atoms with Crippen molar-refractivity contribution in [3.63, 3.8) is 0 Å². The predicted octanol–water partition coefficient (Wildman–Crippen LogP) is 8.48. The molecule has 1 saturated heterocycles. The van der Waals surface area contributed by atoms with E-state index in [4.69, 9.17) is 27.9 Å². The van der Waals surface area contributed by atoms with Crippen LogP contribution in [0.4, 0.5) is 15.8 Å². The summed E-state index contributed by atoms with van der Waals surface area (Å²) in [6.07, 6.45) is 0.605. The average Bonchev–Trinajstić information content (AvgIpc) is 3.58. The summed E-state index contributed by atoms with van der Waals surface area (Å²) in [6.45, 7) is 8.76. The highest BCUT2D eigenvalue weighted by Gasteiger charge is 2.63. The van der Waals surface area contributed by atoms with Crippen LogP contribution in [0.15, 0.2) is 78.9 Å². The van der Waals surface area contributed by atoms with E-state index in [2.05, 4.69) is 36.3 Å². The SMILES string of the molecule is COc1cc(C(=O)O)ccc1NC(=O)[C@@H]1N[C@@H](CC(C)(C)C)[C@@]2(CN(Cc3cccc(C(C)C(=O)O)c3)c3cc(Cl)ccc32)[C@H]1c1cccc(Cl)c1F. The van der Waals surface area contributed by atoms with Crippen LogP contribution in [0, 0.1) is 11.2 Å². The highest BCUT2D eigenvalue weighted by molar-refractivity contribution is 6.31. The maximum Gasteiger partial charge on any atom is 0.335 e. The summed E-state index contributed by atoms with van der Waals surface area (Å²) >= 11 is 13.1. The van der Waals surface area contributed by atoms with Crippen LogP contribution in [-0.4, -0.2) is 53.8 Å². The lowest BCUT2D eigenvalue weighted by Gasteiger charge is -2.40. The fourth-order valence-electron chi connectivity index (χ4n) is 8.09. The van der Waals surface area contributed by atoms with Gasteiger partial charge >= 0.3 is 11.9 Å². The van der Waals surface area contributed by atoms with Crippen molar-refractivity contribution in [1.29, 1.82) is 0 Å². The van der Waals surface area contributed by atoms with E-state index in [1.54, 1.807) is 25.1 Å². The first-order chi connectivity index (χ1) is 25.0. The van der Waals surface area contributed by atoms with E-state index in [1.807, 2.05) is 36.4 Å². The maximum absolute atomic E-state index is 16.5. The van der Waals surface area contributed by atoms with E-state index >= 15 is 4.39 Å². The van der Waals surface area contributed by atoms with Gasteiger partial charge in [0, 0.05) is 41.2 Å². The molecule has 12 heteroatoms. The Morgan fingerprint density at radius 3 is 2.45 bits per heavy atom. The van der Waals surface area contributed by atoms with E-state index in [1.165, 1.54) is 31.4 Å². The second-order valence-corrected chi connectivity index (χ2v) is 16.0. The standard InChI is InChI=1S/C41H42Cl2FN3O6/c1-22(38(49)50)24-9-6-8-23(16-24)20-47-21-41(28-14-13-26(42)18-31(28)47)33(19-40(2,3)4)46-36(34(41)27-10-7-11-29(43)35(27)44)37(48)45-30-15-12-25(39(51)52)17-32(30)53-5/h6-18,22,33-34,36,46H,19-21H2,1-5H3,(H,45,48)(H,49,50)(H,51,52)/t22?,33-,34-,36+,41-/m0/s1. The van der Waals surface area contributed by atoms with Crippen LogP contribution in [0.3, 0.4) is 0 Å². The topological polar surface area (TPSA) is 128 Å². The Labute approximate surface area is 318 Å². The maximum atomic E-state index is 16.5. The van der Waals surface area contributed by atoms with Crippen molar-refractivity contribution in [2.24, 2.45) is 5.41 Å². The molecule has 1 spiro atoms. The Morgan fingerprint density at radius 2 is 1.77 bits per heavy atom. The molecule has 4 aromatic rings. The molecule has 0 saturated carbocycles. The summed E-state index contributed by atoms with van der Waals surface area (Å²) in [5.74, 6) is -4.49. The summed E-state index contributed by atoms with van der Waals surface area (Å²) in [6, 6.07) is 20.8. The van der Waals surface area contributed by atoms with Crippen molar-refractivity contribution < 1.29 is 33.7 Å². The smallest absolute Gasteiger partial charge is 0.335 e. The first-order valence-electron chi connectivity index (χ1n) is 17.3. The molecule has 0 aromatic heterocycles.